The number of hydrogen-bond donors (Lipinski definition) is 2. The highest BCUT2D eigenvalue weighted by Crippen LogP contribution is 2.28. The number of carbonyl (C=O) groups excluding carboxylic acids is 1. The first kappa shape index (κ1) is 9.93. The minimum absolute atomic E-state index is 0.173. The molecular weight excluding hydrogens is 180 g/mol. The lowest BCUT2D eigenvalue weighted by molar-refractivity contribution is -0.130. The molecule has 0 saturated heterocycles. The zero-order chi connectivity index (χ0) is 10.1. The second kappa shape index (κ2) is 3.87. The maximum absolute atomic E-state index is 11.6. The van der Waals surface area contributed by atoms with Gasteiger partial charge in [-0.1, -0.05) is 0 Å². The molecule has 0 unspecified atom stereocenters. The number of methoxy groups -OCH3 is 1. The minimum atomic E-state index is 0.173. The standard InChI is InChI=1S/C10H18N2O2/c1-14-9-4-8(5-9)12-10(13)6-2-7(11)3-6/h6-9H,2-5,11H2,1H3,(H,12,13). The van der Waals surface area contributed by atoms with Crippen molar-refractivity contribution in [1.82, 2.24) is 5.32 Å². The monoisotopic (exact) mass is 198 g/mol. The number of nitrogens with two attached hydrogens (primary N) is 1. The molecule has 1 amide bonds. The van der Waals surface area contributed by atoms with Gasteiger partial charge in [-0.2, -0.15) is 0 Å². The third-order valence-electron chi connectivity index (χ3n) is 3.32. The van der Waals surface area contributed by atoms with Crippen LogP contribution in [0.4, 0.5) is 0 Å². The van der Waals surface area contributed by atoms with Gasteiger partial charge < -0.3 is 15.8 Å². The van der Waals surface area contributed by atoms with Gasteiger partial charge in [0, 0.05) is 25.1 Å². The van der Waals surface area contributed by atoms with E-state index in [1.807, 2.05) is 0 Å². The molecule has 3 N–H and O–H groups in total. The molecule has 0 radical (unpaired) electrons. The van der Waals surface area contributed by atoms with E-state index in [2.05, 4.69) is 5.32 Å². The van der Waals surface area contributed by atoms with Crippen molar-refractivity contribution in [3.8, 4) is 0 Å². The summed E-state index contributed by atoms with van der Waals surface area (Å²) in [6, 6.07) is 0.586. The molecule has 0 aromatic heterocycles. The van der Waals surface area contributed by atoms with Gasteiger partial charge >= 0.3 is 0 Å². The van der Waals surface area contributed by atoms with Gasteiger partial charge in [-0.15, -0.1) is 0 Å². The summed E-state index contributed by atoms with van der Waals surface area (Å²) in [5.74, 6) is 0.359. The Bertz CT molecular complexity index is 220. The van der Waals surface area contributed by atoms with Gasteiger partial charge in [-0.3, -0.25) is 4.79 Å². The van der Waals surface area contributed by atoms with Crippen molar-refractivity contribution in [3.63, 3.8) is 0 Å². The van der Waals surface area contributed by atoms with Gasteiger partial charge in [0.1, 0.15) is 0 Å². The third-order valence-corrected chi connectivity index (χ3v) is 3.32. The maximum atomic E-state index is 11.6. The molecule has 2 aliphatic carbocycles. The molecule has 0 bridgehead atoms. The molecule has 0 aliphatic heterocycles. The molecule has 2 saturated carbocycles. The highest BCUT2D eigenvalue weighted by atomic mass is 16.5. The van der Waals surface area contributed by atoms with Crippen LogP contribution in [0, 0.1) is 5.92 Å². The van der Waals surface area contributed by atoms with E-state index in [1.165, 1.54) is 0 Å². The van der Waals surface area contributed by atoms with E-state index in [1.54, 1.807) is 7.11 Å². The lowest BCUT2D eigenvalue weighted by Gasteiger charge is -2.38. The molecule has 0 atom stereocenters. The summed E-state index contributed by atoms with van der Waals surface area (Å²) < 4.78 is 5.14. The zero-order valence-corrected chi connectivity index (χ0v) is 8.53. The average Bonchev–Trinajstić information content (AvgIpc) is 2.04. The first-order valence-corrected chi connectivity index (χ1v) is 5.27. The van der Waals surface area contributed by atoms with Crippen LogP contribution in [0.5, 0.6) is 0 Å². The van der Waals surface area contributed by atoms with Gasteiger partial charge in [-0.05, 0) is 25.7 Å². The molecule has 80 valence electrons. The normalized spacial score (nSPS) is 41.0. The molecule has 14 heavy (non-hydrogen) atoms. The van der Waals surface area contributed by atoms with Crippen LogP contribution in [-0.4, -0.2) is 31.2 Å². The van der Waals surface area contributed by atoms with E-state index in [0.29, 0.717) is 12.1 Å². The Morgan fingerprint density at radius 1 is 1.36 bits per heavy atom. The van der Waals surface area contributed by atoms with Crippen molar-refractivity contribution in [2.45, 2.75) is 43.9 Å². The molecule has 2 rings (SSSR count). The summed E-state index contributed by atoms with van der Waals surface area (Å²) in [6.07, 6.45) is 3.98. The van der Waals surface area contributed by atoms with E-state index in [0.717, 1.165) is 25.7 Å². The van der Waals surface area contributed by atoms with Crippen LogP contribution in [0.15, 0.2) is 0 Å². The van der Waals surface area contributed by atoms with Gasteiger partial charge in [0.2, 0.25) is 5.91 Å². The van der Waals surface area contributed by atoms with E-state index in [-0.39, 0.29) is 17.9 Å². The van der Waals surface area contributed by atoms with Gasteiger partial charge in [0.15, 0.2) is 0 Å². The van der Waals surface area contributed by atoms with Crippen LogP contribution < -0.4 is 11.1 Å². The number of amides is 1. The van der Waals surface area contributed by atoms with Crippen molar-refractivity contribution >= 4 is 5.91 Å². The van der Waals surface area contributed by atoms with Crippen LogP contribution in [-0.2, 0) is 9.53 Å². The predicted octanol–water partition coefficient (Wildman–Crippen LogP) is 0.0173. The quantitative estimate of drug-likeness (QED) is 0.672. The van der Waals surface area contributed by atoms with Crippen LogP contribution in [0.1, 0.15) is 25.7 Å². The van der Waals surface area contributed by atoms with Crippen LogP contribution in [0.2, 0.25) is 0 Å². The fourth-order valence-corrected chi connectivity index (χ4v) is 2.07. The van der Waals surface area contributed by atoms with Crippen molar-refractivity contribution in [2.75, 3.05) is 7.11 Å². The van der Waals surface area contributed by atoms with E-state index in [9.17, 15) is 4.79 Å². The second-order valence-electron chi connectivity index (χ2n) is 4.46. The lowest BCUT2D eigenvalue weighted by atomic mass is 9.79. The topological polar surface area (TPSA) is 64.3 Å². The number of nitrogens with one attached hydrogen (secondary N) is 1. The summed E-state index contributed by atoms with van der Waals surface area (Å²) in [7, 11) is 1.72. The third kappa shape index (κ3) is 1.91. The summed E-state index contributed by atoms with van der Waals surface area (Å²) in [4.78, 5) is 11.6. The SMILES string of the molecule is COC1CC(NC(=O)C2CC(N)C2)C1. The molecule has 2 aliphatic rings. The Labute approximate surface area is 84.2 Å². The molecular formula is C10H18N2O2. The lowest BCUT2D eigenvalue weighted by Crippen LogP contribution is -2.52. The van der Waals surface area contributed by atoms with E-state index >= 15 is 0 Å². The summed E-state index contributed by atoms with van der Waals surface area (Å²) >= 11 is 0. The largest absolute Gasteiger partial charge is 0.381 e. The molecule has 0 aromatic rings. The second-order valence-corrected chi connectivity index (χ2v) is 4.46. The Morgan fingerprint density at radius 2 is 2.00 bits per heavy atom. The zero-order valence-electron chi connectivity index (χ0n) is 8.53. The average molecular weight is 198 g/mol. The van der Waals surface area contributed by atoms with E-state index in [4.69, 9.17) is 10.5 Å². The molecule has 4 heteroatoms. The molecule has 2 fully saturated rings. The highest BCUT2D eigenvalue weighted by molar-refractivity contribution is 5.80. The fourth-order valence-electron chi connectivity index (χ4n) is 2.07. The van der Waals surface area contributed by atoms with Crippen LogP contribution in [0.3, 0.4) is 0 Å². The Hall–Kier alpha value is -0.610. The smallest absolute Gasteiger partial charge is 0.223 e. The number of rotatable bonds is 3. The Morgan fingerprint density at radius 3 is 2.50 bits per heavy atom. The summed E-state index contributed by atoms with van der Waals surface area (Å²) in [5.41, 5.74) is 5.63. The Balaban J connectivity index is 1.64. The minimum Gasteiger partial charge on any atom is -0.381 e. The van der Waals surface area contributed by atoms with Crippen molar-refractivity contribution in [2.24, 2.45) is 11.7 Å². The number of hydrogen-bond acceptors (Lipinski definition) is 3. The summed E-state index contributed by atoms with van der Waals surface area (Å²) in [5, 5.41) is 3.03. The molecule has 0 aromatic carbocycles. The fraction of sp³-hybridized carbons (Fsp3) is 0.900. The molecule has 0 heterocycles. The number of ether oxygens (including phenoxy) is 1. The van der Waals surface area contributed by atoms with Crippen molar-refractivity contribution in [1.29, 1.82) is 0 Å². The molecule has 0 spiro atoms. The van der Waals surface area contributed by atoms with Crippen LogP contribution >= 0.6 is 0 Å². The first-order chi connectivity index (χ1) is 6.69. The number of carbonyl (C=O) groups is 1. The first-order valence-electron chi connectivity index (χ1n) is 5.27. The predicted molar refractivity (Wildman–Crippen MR) is 52.7 cm³/mol. The molecule has 4 nitrogen and oxygen atoms in total. The highest BCUT2D eigenvalue weighted by Gasteiger charge is 2.36. The van der Waals surface area contributed by atoms with Gasteiger partial charge in [0.05, 0.1) is 6.10 Å². The van der Waals surface area contributed by atoms with Gasteiger partial charge in [-0.25, -0.2) is 0 Å². The van der Waals surface area contributed by atoms with Crippen molar-refractivity contribution < 1.29 is 9.53 Å². The summed E-state index contributed by atoms with van der Waals surface area (Å²) in [6.45, 7) is 0. The van der Waals surface area contributed by atoms with Crippen molar-refractivity contribution in [3.05, 3.63) is 0 Å². The van der Waals surface area contributed by atoms with E-state index < -0.39 is 0 Å². The Kier molecular flexibility index (Phi) is 2.74. The van der Waals surface area contributed by atoms with Crippen LogP contribution in [0.25, 0.3) is 0 Å². The maximum Gasteiger partial charge on any atom is 0.223 e. The van der Waals surface area contributed by atoms with Gasteiger partial charge in [0.25, 0.3) is 0 Å².